The van der Waals surface area contributed by atoms with Crippen LogP contribution in [0.25, 0.3) is 11.3 Å². The maximum Gasteiger partial charge on any atom is 0.276 e. The highest BCUT2D eigenvalue weighted by molar-refractivity contribution is 5.95. The van der Waals surface area contributed by atoms with Crippen LogP contribution >= 0.6 is 0 Å². The van der Waals surface area contributed by atoms with Gasteiger partial charge in [-0.1, -0.05) is 5.16 Å². The van der Waals surface area contributed by atoms with Gasteiger partial charge in [-0.05, 0) is 32.9 Å². The predicted octanol–water partition coefficient (Wildman–Crippen LogP) is 1.72. The summed E-state index contributed by atoms with van der Waals surface area (Å²) in [6.45, 7) is 5.59. The van der Waals surface area contributed by atoms with Gasteiger partial charge in [-0.2, -0.15) is 0 Å². The molecule has 2 heterocycles. The second-order valence-corrected chi connectivity index (χ2v) is 6.28. The minimum atomic E-state index is -0.382. The van der Waals surface area contributed by atoms with Gasteiger partial charge < -0.3 is 14.7 Å². The molecule has 2 aromatic heterocycles. The van der Waals surface area contributed by atoms with Crippen LogP contribution in [-0.2, 0) is 4.79 Å². The van der Waals surface area contributed by atoms with Crippen molar-refractivity contribution in [2.45, 2.75) is 26.3 Å². The van der Waals surface area contributed by atoms with E-state index in [1.165, 1.54) is 11.0 Å². The number of carbonyl (C=O) groups is 2. The fraction of sp³-hybridized carbons (Fsp3) is 0.375. The molecule has 0 radical (unpaired) electrons. The van der Waals surface area contributed by atoms with Gasteiger partial charge in [0, 0.05) is 36.6 Å². The molecule has 2 aromatic rings. The van der Waals surface area contributed by atoms with Gasteiger partial charge in [0.05, 0.1) is 6.54 Å². The van der Waals surface area contributed by atoms with E-state index in [-0.39, 0.29) is 29.6 Å². The van der Waals surface area contributed by atoms with Crippen LogP contribution in [0.5, 0.6) is 0 Å². The Morgan fingerprint density at radius 3 is 2.70 bits per heavy atom. The molecule has 0 fully saturated rings. The highest BCUT2D eigenvalue weighted by Gasteiger charge is 2.21. The molecular weight excluding hydrogens is 296 g/mol. The number of likely N-dealkylation sites (N-methyl/N-ethyl adjacent to an activating group) is 1. The van der Waals surface area contributed by atoms with Crippen molar-refractivity contribution in [3.05, 3.63) is 36.3 Å². The topological polar surface area (TPSA) is 88.3 Å². The molecule has 0 saturated heterocycles. The van der Waals surface area contributed by atoms with Gasteiger partial charge in [0.2, 0.25) is 5.91 Å². The summed E-state index contributed by atoms with van der Waals surface area (Å²) >= 11 is 0. The third kappa shape index (κ3) is 4.64. The van der Waals surface area contributed by atoms with Crippen molar-refractivity contribution in [1.82, 2.24) is 20.4 Å². The highest BCUT2D eigenvalue weighted by atomic mass is 16.5. The first-order valence-electron chi connectivity index (χ1n) is 7.20. The van der Waals surface area contributed by atoms with Crippen LogP contribution in [0.1, 0.15) is 31.3 Å². The first kappa shape index (κ1) is 16.7. The summed E-state index contributed by atoms with van der Waals surface area (Å²) in [7, 11) is 1.54. The van der Waals surface area contributed by atoms with E-state index in [9.17, 15) is 9.59 Å². The van der Waals surface area contributed by atoms with Gasteiger partial charge in [-0.15, -0.1) is 0 Å². The molecule has 0 saturated carbocycles. The summed E-state index contributed by atoms with van der Waals surface area (Å²) in [6.07, 6.45) is 3.27. The van der Waals surface area contributed by atoms with E-state index < -0.39 is 0 Å². The summed E-state index contributed by atoms with van der Waals surface area (Å²) < 4.78 is 5.17. The third-order valence-electron chi connectivity index (χ3n) is 2.92. The molecule has 0 spiro atoms. The van der Waals surface area contributed by atoms with E-state index in [0.29, 0.717) is 5.76 Å². The lowest BCUT2D eigenvalue weighted by molar-refractivity contribution is -0.122. The normalized spacial score (nSPS) is 11.1. The minimum absolute atomic E-state index is 0.0504. The molecule has 0 bridgehead atoms. The highest BCUT2D eigenvalue weighted by Crippen LogP contribution is 2.19. The number of pyridine rings is 1. The Kier molecular flexibility index (Phi) is 4.78. The molecule has 7 nitrogen and oxygen atoms in total. The van der Waals surface area contributed by atoms with Gasteiger partial charge in [0.15, 0.2) is 11.5 Å². The molecule has 7 heteroatoms. The molecule has 0 atom stereocenters. The standard InChI is InChI=1S/C16H20N4O3/c1-16(2,3)18-14(21)10-20(4)15(22)12-8-13(23-19-12)11-6-5-7-17-9-11/h5-9H,10H2,1-4H3,(H,18,21). The number of rotatable bonds is 4. The van der Waals surface area contributed by atoms with E-state index in [1.807, 2.05) is 26.8 Å². The van der Waals surface area contributed by atoms with Crippen molar-refractivity contribution < 1.29 is 14.1 Å². The number of aromatic nitrogens is 2. The molecule has 2 rings (SSSR count). The largest absolute Gasteiger partial charge is 0.355 e. The number of carbonyl (C=O) groups excluding carboxylic acids is 2. The van der Waals surface area contributed by atoms with E-state index in [2.05, 4.69) is 15.5 Å². The SMILES string of the molecule is CN(CC(=O)NC(C)(C)C)C(=O)c1cc(-c2cccnc2)on1. The average Bonchev–Trinajstić information content (AvgIpc) is 2.95. The summed E-state index contributed by atoms with van der Waals surface area (Å²) in [5, 5.41) is 6.57. The Morgan fingerprint density at radius 2 is 2.09 bits per heavy atom. The average molecular weight is 316 g/mol. The maximum atomic E-state index is 12.3. The van der Waals surface area contributed by atoms with Crippen LogP contribution in [0.4, 0.5) is 0 Å². The van der Waals surface area contributed by atoms with Crippen LogP contribution < -0.4 is 5.32 Å². The molecule has 0 unspecified atom stereocenters. The number of hydrogen-bond acceptors (Lipinski definition) is 5. The first-order valence-corrected chi connectivity index (χ1v) is 7.20. The molecule has 0 aliphatic heterocycles. The van der Waals surface area contributed by atoms with Gasteiger partial charge in [-0.3, -0.25) is 14.6 Å². The van der Waals surface area contributed by atoms with Gasteiger partial charge >= 0.3 is 0 Å². The smallest absolute Gasteiger partial charge is 0.276 e. The molecular formula is C16H20N4O3. The third-order valence-corrected chi connectivity index (χ3v) is 2.92. The van der Waals surface area contributed by atoms with E-state index in [0.717, 1.165) is 5.56 Å². The van der Waals surface area contributed by atoms with Crippen LogP contribution in [0.15, 0.2) is 35.1 Å². The molecule has 0 aliphatic carbocycles. The lowest BCUT2D eigenvalue weighted by atomic mass is 10.1. The zero-order chi connectivity index (χ0) is 17.0. The van der Waals surface area contributed by atoms with Gasteiger partial charge in [-0.25, -0.2) is 0 Å². The summed E-state index contributed by atoms with van der Waals surface area (Å²) in [6, 6.07) is 5.11. The fourth-order valence-electron chi connectivity index (χ4n) is 1.96. The zero-order valence-electron chi connectivity index (χ0n) is 13.7. The van der Waals surface area contributed by atoms with Crippen LogP contribution in [0.3, 0.4) is 0 Å². The second-order valence-electron chi connectivity index (χ2n) is 6.28. The summed E-state index contributed by atoms with van der Waals surface area (Å²) in [4.78, 5) is 29.5. The molecule has 23 heavy (non-hydrogen) atoms. The Morgan fingerprint density at radius 1 is 1.35 bits per heavy atom. The number of amides is 2. The quantitative estimate of drug-likeness (QED) is 0.928. The zero-order valence-corrected chi connectivity index (χ0v) is 13.7. The molecule has 0 aliphatic rings. The second kappa shape index (κ2) is 6.60. The summed E-state index contributed by atoms with van der Waals surface area (Å²) in [5.74, 6) is -0.161. The van der Waals surface area contributed by atoms with Crippen LogP contribution in [0, 0.1) is 0 Å². The molecule has 0 aromatic carbocycles. The van der Waals surface area contributed by atoms with Crippen LogP contribution in [0.2, 0.25) is 0 Å². The van der Waals surface area contributed by atoms with Crippen molar-refractivity contribution in [2.24, 2.45) is 0 Å². The fourth-order valence-corrected chi connectivity index (χ4v) is 1.96. The number of nitrogens with zero attached hydrogens (tertiary/aromatic N) is 3. The van der Waals surface area contributed by atoms with E-state index in [1.54, 1.807) is 25.5 Å². The Bertz CT molecular complexity index is 689. The predicted molar refractivity (Wildman–Crippen MR) is 84.6 cm³/mol. The van der Waals surface area contributed by atoms with Crippen molar-refractivity contribution in [1.29, 1.82) is 0 Å². The van der Waals surface area contributed by atoms with Gasteiger partial charge in [0.1, 0.15) is 0 Å². The van der Waals surface area contributed by atoms with Crippen LogP contribution in [-0.4, -0.2) is 46.0 Å². The Labute approximate surface area is 134 Å². The molecule has 122 valence electrons. The van der Waals surface area contributed by atoms with Crippen molar-refractivity contribution >= 4 is 11.8 Å². The Hall–Kier alpha value is -2.70. The van der Waals surface area contributed by atoms with Crippen molar-refractivity contribution in [3.63, 3.8) is 0 Å². The van der Waals surface area contributed by atoms with E-state index >= 15 is 0 Å². The maximum absolute atomic E-state index is 12.3. The Balaban J connectivity index is 2.03. The lowest BCUT2D eigenvalue weighted by Crippen LogP contribution is -2.46. The monoisotopic (exact) mass is 316 g/mol. The van der Waals surface area contributed by atoms with Gasteiger partial charge in [0.25, 0.3) is 5.91 Å². The van der Waals surface area contributed by atoms with E-state index in [4.69, 9.17) is 4.52 Å². The minimum Gasteiger partial charge on any atom is -0.355 e. The number of hydrogen-bond donors (Lipinski definition) is 1. The number of nitrogens with one attached hydrogen (secondary N) is 1. The molecule has 2 amide bonds. The van der Waals surface area contributed by atoms with Crippen molar-refractivity contribution in [3.8, 4) is 11.3 Å². The molecule has 1 N–H and O–H groups in total. The van der Waals surface area contributed by atoms with Crippen molar-refractivity contribution in [2.75, 3.05) is 13.6 Å². The summed E-state index contributed by atoms with van der Waals surface area (Å²) in [5.41, 5.74) is 0.532. The lowest BCUT2D eigenvalue weighted by Gasteiger charge is -2.23. The first-order chi connectivity index (χ1) is 10.8.